The second-order valence-corrected chi connectivity index (χ2v) is 3.73. The molecule has 86 valence electrons. The number of nitrogens with two attached hydrogens (primary N) is 1. The summed E-state index contributed by atoms with van der Waals surface area (Å²) in [5.41, 5.74) is 7.72. The van der Waals surface area contributed by atoms with Gasteiger partial charge < -0.3 is 15.6 Å². The molecule has 1 heterocycles. The van der Waals surface area contributed by atoms with Gasteiger partial charge in [0.15, 0.2) is 0 Å². The molecule has 2 rings (SSSR count). The number of aromatic nitrogens is 2. The lowest BCUT2D eigenvalue weighted by Crippen LogP contribution is -2.23. The first kappa shape index (κ1) is 11.1. The van der Waals surface area contributed by atoms with Crippen LogP contribution >= 0.6 is 0 Å². The van der Waals surface area contributed by atoms with Crippen LogP contribution in [0.3, 0.4) is 0 Å². The minimum atomic E-state index is 0.659. The highest BCUT2D eigenvalue weighted by Gasteiger charge is 2.07. The van der Waals surface area contributed by atoms with Crippen molar-refractivity contribution in [1.82, 2.24) is 14.9 Å². The van der Waals surface area contributed by atoms with Gasteiger partial charge in [-0.3, -0.25) is 0 Å². The summed E-state index contributed by atoms with van der Waals surface area (Å²) in [6.45, 7) is 5.35. The topological polar surface area (TPSA) is 55.9 Å². The summed E-state index contributed by atoms with van der Waals surface area (Å²) < 4.78 is 2.23. The maximum absolute atomic E-state index is 5.45. The molecule has 0 atom stereocenters. The van der Waals surface area contributed by atoms with Crippen LogP contribution in [-0.4, -0.2) is 22.6 Å². The molecule has 16 heavy (non-hydrogen) atoms. The summed E-state index contributed by atoms with van der Waals surface area (Å²) in [6, 6.07) is 8.23. The van der Waals surface area contributed by atoms with Crippen molar-refractivity contribution in [2.24, 2.45) is 5.73 Å². The third-order valence-corrected chi connectivity index (χ3v) is 2.65. The highest BCUT2D eigenvalue weighted by atomic mass is 15.1. The lowest BCUT2D eigenvalue weighted by molar-refractivity contribution is 0.625. The van der Waals surface area contributed by atoms with Crippen molar-refractivity contribution in [2.75, 3.05) is 13.1 Å². The zero-order valence-electron chi connectivity index (χ0n) is 9.61. The largest absolute Gasteiger partial charge is 0.329 e. The van der Waals surface area contributed by atoms with E-state index in [2.05, 4.69) is 27.9 Å². The molecule has 0 fully saturated rings. The summed E-state index contributed by atoms with van der Waals surface area (Å²) in [5.74, 6) is 1.08. The summed E-state index contributed by atoms with van der Waals surface area (Å²) in [6.07, 6.45) is 0. The van der Waals surface area contributed by atoms with Crippen molar-refractivity contribution in [2.45, 2.75) is 20.0 Å². The van der Waals surface area contributed by atoms with Crippen molar-refractivity contribution >= 4 is 11.0 Å². The van der Waals surface area contributed by atoms with E-state index in [1.54, 1.807) is 0 Å². The lowest BCUT2D eigenvalue weighted by atomic mass is 10.3. The molecule has 2 aromatic rings. The number of hydrogen-bond acceptors (Lipinski definition) is 3. The van der Waals surface area contributed by atoms with Crippen LogP contribution in [0, 0.1) is 0 Å². The number of aryl methyl sites for hydroxylation is 1. The molecule has 0 radical (unpaired) electrons. The molecule has 0 amide bonds. The van der Waals surface area contributed by atoms with Crippen molar-refractivity contribution < 1.29 is 0 Å². The zero-order chi connectivity index (χ0) is 11.4. The third-order valence-electron chi connectivity index (χ3n) is 2.65. The number of nitrogens with one attached hydrogen (secondary N) is 1. The van der Waals surface area contributed by atoms with Gasteiger partial charge >= 0.3 is 0 Å². The Morgan fingerprint density at radius 3 is 2.94 bits per heavy atom. The van der Waals surface area contributed by atoms with Crippen LogP contribution in [-0.2, 0) is 13.1 Å². The minimum absolute atomic E-state index is 0.659. The van der Waals surface area contributed by atoms with E-state index in [-0.39, 0.29) is 0 Å². The maximum atomic E-state index is 5.45. The normalized spacial score (nSPS) is 11.1. The fourth-order valence-corrected chi connectivity index (χ4v) is 1.92. The van der Waals surface area contributed by atoms with Gasteiger partial charge in [0.1, 0.15) is 5.82 Å². The van der Waals surface area contributed by atoms with Gasteiger partial charge in [-0.25, -0.2) is 4.98 Å². The Kier molecular flexibility index (Phi) is 3.54. The van der Waals surface area contributed by atoms with Crippen molar-refractivity contribution in [1.29, 1.82) is 0 Å². The van der Waals surface area contributed by atoms with E-state index >= 15 is 0 Å². The highest BCUT2D eigenvalue weighted by molar-refractivity contribution is 5.75. The Labute approximate surface area is 95.5 Å². The quantitative estimate of drug-likeness (QED) is 0.739. The Bertz CT molecular complexity index is 461. The molecule has 1 aromatic carbocycles. The van der Waals surface area contributed by atoms with Crippen LogP contribution in [0.25, 0.3) is 11.0 Å². The first-order valence-electron chi connectivity index (χ1n) is 5.71. The molecular weight excluding hydrogens is 200 g/mol. The van der Waals surface area contributed by atoms with Crippen LogP contribution in [0.4, 0.5) is 0 Å². The van der Waals surface area contributed by atoms with E-state index in [9.17, 15) is 0 Å². The molecule has 4 nitrogen and oxygen atoms in total. The summed E-state index contributed by atoms with van der Waals surface area (Å²) in [7, 11) is 0. The average Bonchev–Trinajstić information content (AvgIpc) is 2.67. The Morgan fingerprint density at radius 1 is 1.38 bits per heavy atom. The summed E-state index contributed by atoms with van der Waals surface area (Å²) in [4.78, 5) is 4.61. The van der Waals surface area contributed by atoms with E-state index in [1.807, 2.05) is 18.2 Å². The second-order valence-electron chi connectivity index (χ2n) is 3.73. The predicted octanol–water partition coefficient (Wildman–Crippen LogP) is 1.10. The first-order chi connectivity index (χ1) is 7.86. The van der Waals surface area contributed by atoms with Gasteiger partial charge in [-0.1, -0.05) is 12.1 Å². The maximum Gasteiger partial charge on any atom is 0.123 e. The molecule has 0 aliphatic carbocycles. The summed E-state index contributed by atoms with van der Waals surface area (Å²) >= 11 is 0. The van der Waals surface area contributed by atoms with Gasteiger partial charge in [-0.2, -0.15) is 0 Å². The minimum Gasteiger partial charge on any atom is -0.329 e. The molecular formula is C12H18N4. The highest BCUT2D eigenvalue weighted by Crippen LogP contribution is 2.15. The van der Waals surface area contributed by atoms with Gasteiger partial charge in [0.25, 0.3) is 0 Å². The molecule has 0 aliphatic heterocycles. The molecule has 0 aliphatic rings. The van der Waals surface area contributed by atoms with Gasteiger partial charge in [0.2, 0.25) is 0 Å². The number of nitrogens with zero attached hydrogens (tertiary/aromatic N) is 2. The van der Waals surface area contributed by atoms with E-state index < -0.39 is 0 Å². The Hall–Kier alpha value is -1.39. The van der Waals surface area contributed by atoms with Crippen LogP contribution < -0.4 is 11.1 Å². The van der Waals surface area contributed by atoms with Crippen LogP contribution in [0.15, 0.2) is 24.3 Å². The van der Waals surface area contributed by atoms with E-state index in [0.29, 0.717) is 6.54 Å². The van der Waals surface area contributed by atoms with Gasteiger partial charge in [-0.15, -0.1) is 0 Å². The van der Waals surface area contributed by atoms with Crippen molar-refractivity contribution in [3.05, 3.63) is 30.1 Å². The summed E-state index contributed by atoms with van der Waals surface area (Å²) in [5, 5.41) is 3.28. The molecule has 1 aromatic heterocycles. The number of imidazole rings is 1. The number of hydrogen-bond donors (Lipinski definition) is 2. The predicted molar refractivity (Wildman–Crippen MR) is 66.2 cm³/mol. The first-order valence-corrected chi connectivity index (χ1v) is 5.71. The third kappa shape index (κ3) is 2.08. The van der Waals surface area contributed by atoms with Gasteiger partial charge in [0.05, 0.1) is 17.6 Å². The van der Waals surface area contributed by atoms with Crippen LogP contribution in [0.1, 0.15) is 12.7 Å². The molecule has 0 spiro atoms. The van der Waals surface area contributed by atoms with Gasteiger partial charge in [0, 0.05) is 19.6 Å². The molecule has 0 saturated carbocycles. The number of para-hydroxylation sites is 2. The van der Waals surface area contributed by atoms with E-state index in [4.69, 9.17) is 5.73 Å². The van der Waals surface area contributed by atoms with Crippen LogP contribution in [0.5, 0.6) is 0 Å². The fourth-order valence-electron chi connectivity index (χ4n) is 1.92. The van der Waals surface area contributed by atoms with Crippen molar-refractivity contribution in [3.8, 4) is 0 Å². The zero-order valence-corrected chi connectivity index (χ0v) is 9.61. The lowest BCUT2D eigenvalue weighted by Gasteiger charge is -2.06. The fraction of sp³-hybridized carbons (Fsp3) is 0.417. The smallest absolute Gasteiger partial charge is 0.123 e. The Balaban J connectivity index is 2.29. The molecule has 3 N–H and O–H groups in total. The van der Waals surface area contributed by atoms with Crippen LogP contribution in [0.2, 0.25) is 0 Å². The molecule has 0 unspecified atom stereocenters. The Morgan fingerprint density at radius 2 is 2.19 bits per heavy atom. The molecule has 4 heteroatoms. The number of fused-ring (bicyclic) bond motifs is 1. The second kappa shape index (κ2) is 5.09. The molecule has 0 saturated heterocycles. The average molecular weight is 218 g/mol. The standard InChI is InChI=1S/C12H18N4/c1-2-16-11-6-4-3-5-10(11)15-12(16)9-14-8-7-13/h3-6,14H,2,7-9,13H2,1H3. The van der Waals surface area contributed by atoms with E-state index in [1.165, 1.54) is 5.52 Å². The number of rotatable bonds is 5. The van der Waals surface area contributed by atoms with Gasteiger partial charge in [-0.05, 0) is 19.1 Å². The SMILES string of the molecule is CCn1c(CNCCN)nc2ccccc21. The number of benzene rings is 1. The molecule has 0 bridgehead atoms. The monoisotopic (exact) mass is 218 g/mol. The van der Waals surface area contributed by atoms with Crippen molar-refractivity contribution in [3.63, 3.8) is 0 Å². The van der Waals surface area contributed by atoms with E-state index in [0.717, 1.165) is 31.0 Å².